The van der Waals surface area contributed by atoms with Gasteiger partial charge in [-0.1, -0.05) is 157 Å². The Morgan fingerprint density at radius 2 is 0.722 bits per heavy atom. The molecule has 0 fully saturated rings. The van der Waals surface area contributed by atoms with Crippen molar-refractivity contribution in [2.75, 3.05) is 4.90 Å². The van der Waals surface area contributed by atoms with Gasteiger partial charge in [0.05, 0.1) is 48.0 Å². The zero-order valence-electron chi connectivity index (χ0n) is 61.9. The van der Waals surface area contributed by atoms with Crippen molar-refractivity contribution in [1.29, 1.82) is 0 Å². The van der Waals surface area contributed by atoms with E-state index in [1.165, 1.54) is 0 Å². The lowest BCUT2D eigenvalue weighted by molar-refractivity contribution is 0.673. The van der Waals surface area contributed by atoms with Gasteiger partial charge in [-0.15, -0.1) is 0 Å². The molecule has 2 nitrogen and oxygen atoms in total. The van der Waals surface area contributed by atoms with Crippen LogP contribution in [-0.4, -0.2) is 0 Å². The summed E-state index contributed by atoms with van der Waals surface area (Å²) in [6.45, 7) is 0. The summed E-state index contributed by atoms with van der Waals surface area (Å²) in [4.78, 5) is 0.245. The highest BCUT2D eigenvalue weighted by Crippen LogP contribution is 2.42. The van der Waals surface area contributed by atoms with Crippen molar-refractivity contribution in [2.24, 2.45) is 0 Å². The lowest BCUT2D eigenvalue weighted by Crippen LogP contribution is -2.09. The molecule has 254 valence electrons. The maximum absolute atomic E-state index is 9.75. The molecule has 0 unspecified atom stereocenters. The second-order valence-electron chi connectivity index (χ2n) is 11.0. The Kier molecular flexibility index (Phi) is 2.97. The highest BCUT2D eigenvalue weighted by Gasteiger charge is 2.17. The molecule has 0 atom stereocenters. The molecule has 54 heavy (non-hydrogen) atoms. The first-order valence-electron chi connectivity index (χ1n) is 33.1. The van der Waals surface area contributed by atoms with Crippen LogP contribution in [0.15, 0.2) is 216 Å². The predicted molar refractivity (Wildman–Crippen MR) is 228 cm³/mol. The van der Waals surface area contributed by atoms with E-state index in [-0.39, 0.29) is 4.90 Å². The summed E-state index contributed by atoms with van der Waals surface area (Å²) in [5.41, 5.74) is -12.1. The first kappa shape index (κ1) is 11.9. The highest BCUT2D eigenvalue weighted by atomic mass is 16.3. The fourth-order valence-electron chi connectivity index (χ4n) is 5.47. The lowest BCUT2D eigenvalue weighted by Gasteiger charge is -2.26. The Labute approximate surface area is 364 Å². The van der Waals surface area contributed by atoms with E-state index in [2.05, 4.69) is 0 Å². The summed E-state index contributed by atoms with van der Waals surface area (Å²) in [6.07, 6.45) is 0. The molecule has 0 saturated carbocycles. The van der Waals surface area contributed by atoms with Gasteiger partial charge in [0.25, 0.3) is 0 Å². The van der Waals surface area contributed by atoms with E-state index < -0.39 is 306 Å². The molecule has 0 aliphatic heterocycles. The minimum Gasteiger partial charge on any atom is -0.455 e. The van der Waals surface area contributed by atoms with Crippen molar-refractivity contribution >= 4 is 49.8 Å². The van der Waals surface area contributed by atoms with E-state index in [1.807, 2.05) is 0 Å². The van der Waals surface area contributed by atoms with Gasteiger partial charge in [-0.05, 0) is 104 Å². The summed E-state index contributed by atoms with van der Waals surface area (Å²) >= 11 is 0. The molecule has 0 aliphatic rings. The number of fused-ring (bicyclic) bond motifs is 5. The van der Waals surface area contributed by atoms with E-state index in [0.29, 0.717) is 0 Å². The maximum Gasteiger partial charge on any atom is 0.143 e. The van der Waals surface area contributed by atoms with Crippen LogP contribution in [0.5, 0.6) is 0 Å². The van der Waals surface area contributed by atoms with E-state index >= 15 is 0 Å². The zero-order chi connectivity index (χ0) is 66.3. The van der Waals surface area contributed by atoms with Crippen molar-refractivity contribution in [2.45, 2.75) is 0 Å². The number of hydrogen-bond donors (Lipinski definition) is 0. The van der Waals surface area contributed by atoms with Crippen LogP contribution in [0.1, 0.15) is 48.0 Å². The number of benzene rings is 9. The molecular formula is C52H35NO. The molecule has 0 aliphatic carbocycles. The van der Waals surface area contributed by atoms with Gasteiger partial charge < -0.3 is 9.32 Å². The van der Waals surface area contributed by atoms with Crippen LogP contribution in [0.3, 0.4) is 0 Å². The third-order valence-corrected chi connectivity index (χ3v) is 7.88. The molecule has 0 amide bonds. The standard InChI is InChI=1S/C52H35NO/c1-4-12-36(13-5-1)38-20-27-43(28-21-38)53(44-29-22-39(23-30-44)37-14-6-2-7-15-37)45-31-24-40(25-32-45)42-26-33-51-49(34-42)50-35-48(41-16-8-3-9-17-41)46-18-10-11-19-47(46)52(50)54-51/h1-35H/i1D,2D,3D,4D,5D,6D,7D,8D,9D,10D,11D,12D,13D,14D,15D,16D,17D,18D,19D,20D,21D,22D,23D,24D,25D,26D,27D,28D,29D,30D,31D,32D,33D,34D,35D. The molecule has 0 saturated heterocycles. The summed E-state index contributed by atoms with van der Waals surface area (Å²) < 4.78 is 319. The fraction of sp³-hybridized carbons (Fsp3) is 0. The Hall–Kier alpha value is -7.16. The normalized spacial score (nSPS) is 20.4. The van der Waals surface area contributed by atoms with E-state index in [0.717, 1.165) is 0 Å². The van der Waals surface area contributed by atoms with Gasteiger partial charge in [-0.3, -0.25) is 0 Å². The molecule has 0 N–H and O–H groups in total. The van der Waals surface area contributed by atoms with Crippen LogP contribution in [0.2, 0.25) is 0 Å². The minimum atomic E-state index is -1.37. The molecule has 2 heteroatoms. The van der Waals surface area contributed by atoms with E-state index in [9.17, 15) is 21.9 Å². The highest BCUT2D eigenvalue weighted by molar-refractivity contribution is 6.19. The summed E-state index contributed by atoms with van der Waals surface area (Å²) in [5, 5.41) is -2.52. The number of hydrogen-bond acceptors (Lipinski definition) is 2. The number of nitrogens with zero attached hydrogens (tertiary/aromatic N) is 1. The number of anilines is 3. The van der Waals surface area contributed by atoms with Crippen LogP contribution >= 0.6 is 0 Å². The minimum absolute atomic E-state index is 0.245. The van der Waals surface area contributed by atoms with Gasteiger partial charge in [0.2, 0.25) is 0 Å². The van der Waals surface area contributed by atoms with E-state index in [1.54, 1.807) is 0 Å². The summed E-state index contributed by atoms with van der Waals surface area (Å²) in [5.74, 6) is 0. The van der Waals surface area contributed by atoms with Crippen molar-refractivity contribution in [3.05, 3.63) is 211 Å². The third-order valence-electron chi connectivity index (χ3n) is 7.88. The molecule has 1 heterocycles. The Bertz CT molecular complexity index is 4660. The molecule has 10 aromatic rings. The van der Waals surface area contributed by atoms with Crippen LogP contribution in [0, 0.1) is 0 Å². The van der Waals surface area contributed by atoms with E-state index in [4.69, 9.17) is 30.5 Å². The van der Waals surface area contributed by atoms with Crippen LogP contribution in [0.4, 0.5) is 17.1 Å². The van der Waals surface area contributed by atoms with Crippen LogP contribution < -0.4 is 4.90 Å². The summed E-state index contributed by atoms with van der Waals surface area (Å²) in [6, 6.07) is -37.5. The first-order chi connectivity index (χ1) is 41.4. The lowest BCUT2D eigenvalue weighted by atomic mass is 9.95. The van der Waals surface area contributed by atoms with Crippen molar-refractivity contribution < 1.29 is 52.4 Å². The van der Waals surface area contributed by atoms with Crippen molar-refractivity contribution in [1.82, 2.24) is 0 Å². The summed E-state index contributed by atoms with van der Waals surface area (Å²) in [7, 11) is 0. The SMILES string of the molecule is [2H]c1c([2H])c([2H])c(-c2c([2H])c([2H])c(N(c3c([2H])c([2H])c(-c4c([2H])c([2H])c([2H])c([2H])c4[2H])c([2H])c3[2H])c3c([2H])c([2H])c(-c4c([2H])c([2H])c5oc6c7c([2H])c([2H])c([2H])c([2H])c7c(-c7c([2H])c([2H])c([2H])c([2H])c7[2H])c([2H])c6c5c4[2H])c([2H])c3[2H])c([2H])c2[2H])c([2H])c1[2H]. The Balaban J connectivity index is 1.35. The molecule has 10 rings (SSSR count). The first-order valence-corrected chi connectivity index (χ1v) is 15.6. The van der Waals surface area contributed by atoms with Crippen LogP contribution in [0.25, 0.3) is 77.2 Å². The number of rotatable bonds is 7. The smallest absolute Gasteiger partial charge is 0.143 e. The third kappa shape index (κ3) is 5.71. The van der Waals surface area contributed by atoms with Gasteiger partial charge >= 0.3 is 0 Å². The molecule has 0 bridgehead atoms. The van der Waals surface area contributed by atoms with Crippen LogP contribution in [-0.2, 0) is 0 Å². The Morgan fingerprint density at radius 3 is 1.24 bits per heavy atom. The van der Waals surface area contributed by atoms with Gasteiger partial charge in [-0.2, -0.15) is 0 Å². The van der Waals surface area contributed by atoms with Gasteiger partial charge in [-0.25, -0.2) is 0 Å². The average Bonchev–Trinajstić information content (AvgIpc) is 1.72. The topological polar surface area (TPSA) is 16.4 Å². The van der Waals surface area contributed by atoms with Gasteiger partial charge in [0.1, 0.15) is 11.2 Å². The van der Waals surface area contributed by atoms with Crippen molar-refractivity contribution in [3.63, 3.8) is 0 Å². The molecule has 9 aromatic carbocycles. The van der Waals surface area contributed by atoms with Crippen molar-refractivity contribution in [3.8, 4) is 44.5 Å². The second kappa shape index (κ2) is 13.4. The number of furan rings is 1. The molecule has 0 spiro atoms. The molecular weight excluding hydrogens is 655 g/mol. The quantitative estimate of drug-likeness (QED) is 0.163. The molecule has 1 aromatic heterocycles. The zero-order valence-corrected chi connectivity index (χ0v) is 26.9. The van der Waals surface area contributed by atoms with Gasteiger partial charge in [0, 0.05) is 33.2 Å². The fourth-order valence-corrected chi connectivity index (χ4v) is 5.47. The second-order valence-corrected chi connectivity index (χ2v) is 11.0. The largest absolute Gasteiger partial charge is 0.455 e. The Morgan fingerprint density at radius 1 is 0.315 bits per heavy atom. The molecule has 0 radical (unpaired) electrons. The monoisotopic (exact) mass is 724 g/mol. The maximum atomic E-state index is 9.75. The predicted octanol–water partition coefficient (Wildman–Crippen LogP) is 14.9. The van der Waals surface area contributed by atoms with Gasteiger partial charge in [0.15, 0.2) is 0 Å². The average molecular weight is 725 g/mol.